The van der Waals surface area contributed by atoms with E-state index < -0.39 is 0 Å². The van der Waals surface area contributed by atoms with Gasteiger partial charge in [-0.15, -0.1) is 5.10 Å². The Morgan fingerprint density at radius 3 is 2.42 bits per heavy atom. The highest BCUT2D eigenvalue weighted by Gasteiger charge is 2.30. The van der Waals surface area contributed by atoms with Crippen molar-refractivity contribution in [1.82, 2.24) is 5.32 Å². The lowest BCUT2D eigenvalue weighted by molar-refractivity contribution is -0.118. The van der Waals surface area contributed by atoms with E-state index in [0.717, 1.165) is 37.2 Å². The number of ether oxygens (including phenoxy) is 1. The number of amides is 1. The van der Waals surface area contributed by atoms with Gasteiger partial charge in [-0.25, -0.2) is 0 Å². The summed E-state index contributed by atoms with van der Waals surface area (Å²) in [5.41, 5.74) is 3.45. The van der Waals surface area contributed by atoms with Crippen molar-refractivity contribution in [3.8, 4) is 5.75 Å². The van der Waals surface area contributed by atoms with Crippen molar-refractivity contribution in [2.75, 3.05) is 6.61 Å². The molecule has 0 bridgehead atoms. The van der Waals surface area contributed by atoms with Crippen LogP contribution in [-0.2, 0) is 17.6 Å². The monoisotopic (exact) mass is 437 g/mol. The van der Waals surface area contributed by atoms with E-state index in [-0.39, 0.29) is 11.2 Å². The van der Waals surface area contributed by atoms with Gasteiger partial charge in [-0.1, -0.05) is 62.7 Å². The fourth-order valence-electron chi connectivity index (χ4n) is 3.16. The molecule has 1 atom stereocenters. The topological polar surface area (TPSA) is 63.1 Å². The van der Waals surface area contributed by atoms with Crippen LogP contribution in [0.1, 0.15) is 56.2 Å². The fourth-order valence-corrected chi connectivity index (χ4v) is 4.12. The molecule has 1 saturated heterocycles. The van der Waals surface area contributed by atoms with E-state index >= 15 is 0 Å². The summed E-state index contributed by atoms with van der Waals surface area (Å²) >= 11 is 1.44. The Kier molecular flexibility index (Phi) is 9.16. The quantitative estimate of drug-likeness (QED) is 0.292. The molecule has 0 aliphatic carbocycles. The first-order chi connectivity index (χ1) is 15.2. The molecule has 0 aromatic heterocycles. The Balaban J connectivity index is 1.50. The van der Waals surface area contributed by atoms with E-state index in [1.54, 1.807) is 6.21 Å². The average Bonchev–Trinajstić information content (AvgIpc) is 3.13. The van der Waals surface area contributed by atoms with Crippen LogP contribution >= 0.6 is 11.8 Å². The van der Waals surface area contributed by atoms with Crippen LogP contribution in [0.25, 0.3) is 0 Å². The van der Waals surface area contributed by atoms with Crippen molar-refractivity contribution in [2.45, 2.75) is 57.6 Å². The van der Waals surface area contributed by atoms with Crippen LogP contribution in [0.3, 0.4) is 0 Å². The molecular weight excluding hydrogens is 406 g/mol. The van der Waals surface area contributed by atoms with Crippen molar-refractivity contribution in [1.29, 1.82) is 0 Å². The van der Waals surface area contributed by atoms with Crippen LogP contribution in [0.5, 0.6) is 5.75 Å². The Hall–Kier alpha value is -2.60. The van der Waals surface area contributed by atoms with E-state index in [4.69, 9.17) is 4.74 Å². The Bertz CT molecular complexity index is 892. The molecule has 3 rings (SSSR count). The van der Waals surface area contributed by atoms with Crippen LogP contribution < -0.4 is 10.1 Å². The van der Waals surface area contributed by atoms with Crippen LogP contribution in [0.15, 0.2) is 58.7 Å². The summed E-state index contributed by atoms with van der Waals surface area (Å²) in [7, 11) is 0. The maximum Gasteiger partial charge on any atom is 0.239 e. The van der Waals surface area contributed by atoms with E-state index in [1.165, 1.54) is 35.7 Å². The number of hydrogen-bond acceptors (Lipinski definition) is 5. The lowest BCUT2D eigenvalue weighted by Crippen LogP contribution is -2.25. The zero-order valence-electron chi connectivity index (χ0n) is 18.3. The summed E-state index contributed by atoms with van der Waals surface area (Å²) in [4.78, 5) is 12.3. The summed E-state index contributed by atoms with van der Waals surface area (Å²) in [6.07, 6.45) is 8.05. The Morgan fingerprint density at radius 2 is 1.71 bits per heavy atom. The smallest absolute Gasteiger partial charge is 0.239 e. The lowest BCUT2D eigenvalue weighted by Gasteiger charge is -2.06. The molecule has 1 N–H and O–H groups in total. The number of carbonyl (C=O) groups is 1. The number of benzene rings is 2. The maximum atomic E-state index is 12.3. The van der Waals surface area contributed by atoms with Gasteiger partial charge in [0.15, 0.2) is 5.17 Å². The minimum absolute atomic E-state index is 0.0115. The number of aryl methyl sites for hydroxylation is 1. The zero-order chi connectivity index (χ0) is 21.9. The number of nitrogens with one attached hydrogen (secondary N) is 1. The van der Waals surface area contributed by atoms with Gasteiger partial charge < -0.3 is 10.1 Å². The van der Waals surface area contributed by atoms with Crippen molar-refractivity contribution in [2.24, 2.45) is 10.2 Å². The Labute approximate surface area is 189 Å². The Morgan fingerprint density at radius 1 is 1.00 bits per heavy atom. The van der Waals surface area contributed by atoms with E-state index in [2.05, 4.69) is 53.6 Å². The van der Waals surface area contributed by atoms with Gasteiger partial charge in [0.05, 0.1) is 18.1 Å². The fraction of sp³-hybridized carbons (Fsp3) is 0.400. The first kappa shape index (κ1) is 23.1. The maximum absolute atomic E-state index is 12.3. The molecular formula is C25H31N3O2S. The molecule has 2 aromatic carbocycles. The largest absolute Gasteiger partial charge is 0.494 e. The van der Waals surface area contributed by atoms with Crippen LogP contribution in [-0.4, -0.2) is 29.1 Å². The second-order valence-corrected chi connectivity index (χ2v) is 8.83. The minimum Gasteiger partial charge on any atom is -0.494 e. The number of unbranched alkanes of at least 4 members (excludes halogenated alkanes) is 2. The number of nitrogens with zero attached hydrogens (tertiary/aromatic N) is 2. The molecule has 0 radical (unpaired) electrons. The molecule has 1 aliphatic rings. The standard InChI is InChI=1S/C25H31N3O2S/c1-3-5-7-19-8-10-20(11-9-19)17-23-24(29)27-25(31-23)28-26-18-21-12-14-22(15-13-21)30-16-6-4-2/h8-15,18,23H,3-7,16-17H2,1-2H3,(H,27,28,29). The van der Waals surface area contributed by atoms with Gasteiger partial charge in [-0.05, 0) is 66.6 Å². The normalized spacial score (nSPS) is 17.4. The second-order valence-electron chi connectivity index (χ2n) is 7.64. The predicted molar refractivity (Wildman–Crippen MR) is 130 cm³/mol. The third-order valence-corrected chi connectivity index (χ3v) is 6.11. The second kappa shape index (κ2) is 12.3. The lowest BCUT2D eigenvalue weighted by atomic mass is 10.0. The van der Waals surface area contributed by atoms with Gasteiger partial charge in [0.1, 0.15) is 5.75 Å². The third-order valence-electron chi connectivity index (χ3n) is 5.04. The van der Waals surface area contributed by atoms with Crippen molar-refractivity contribution >= 4 is 29.1 Å². The molecule has 31 heavy (non-hydrogen) atoms. The van der Waals surface area contributed by atoms with Crippen molar-refractivity contribution < 1.29 is 9.53 Å². The third kappa shape index (κ3) is 7.55. The van der Waals surface area contributed by atoms with Crippen LogP contribution in [0, 0.1) is 0 Å². The van der Waals surface area contributed by atoms with Gasteiger partial charge in [0, 0.05) is 0 Å². The molecule has 0 saturated carbocycles. The highest BCUT2D eigenvalue weighted by molar-refractivity contribution is 8.15. The minimum atomic E-state index is -0.171. The summed E-state index contributed by atoms with van der Waals surface area (Å²) in [6, 6.07) is 16.3. The molecule has 1 unspecified atom stereocenters. The van der Waals surface area contributed by atoms with Gasteiger partial charge in [0.25, 0.3) is 0 Å². The molecule has 1 amide bonds. The highest BCUT2D eigenvalue weighted by Crippen LogP contribution is 2.24. The molecule has 164 valence electrons. The molecule has 1 fully saturated rings. The predicted octanol–water partition coefficient (Wildman–Crippen LogP) is 5.37. The highest BCUT2D eigenvalue weighted by atomic mass is 32.2. The molecule has 1 aliphatic heterocycles. The number of hydrogen-bond donors (Lipinski definition) is 1. The van der Waals surface area contributed by atoms with E-state index in [0.29, 0.717) is 11.6 Å². The number of carbonyl (C=O) groups excluding carboxylic acids is 1. The summed E-state index contributed by atoms with van der Waals surface area (Å²) < 4.78 is 5.66. The molecule has 0 spiro atoms. The number of thioether (sulfide) groups is 1. The SMILES string of the molecule is CCCCOc1ccc(C=NN=C2NC(=O)C(Cc3ccc(CCCC)cc3)S2)cc1. The van der Waals surface area contributed by atoms with Gasteiger partial charge >= 0.3 is 0 Å². The summed E-state index contributed by atoms with van der Waals surface area (Å²) in [6.45, 7) is 5.08. The zero-order valence-corrected chi connectivity index (χ0v) is 19.2. The first-order valence-corrected chi connectivity index (χ1v) is 11.9. The van der Waals surface area contributed by atoms with Crippen molar-refractivity contribution in [3.05, 3.63) is 65.2 Å². The molecule has 6 heteroatoms. The van der Waals surface area contributed by atoms with Crippen molar-refractivity contribution in [3.63, 3.8) is 0 Å². The summed E-state index contributed by atoms with van der Waals surface area (Å²) in [5.74, 6) is 0.847. The van der Waals surface area contributed by atoms with Crippen LogP contribution in [0.2, 0.25) is 0 Å². The van der Waals surface area contributed by atoms with E-state index in [1.807, 2.05) is 24.3 Å². The molecule has 2 aromatic rings. The summed E-state index contributed by atoms with van der Waals surface area (Å²) in [5, 5.41) is 11.5. The number of amidine groups is 1. The average molecular weight is 438 g/mol. The molecule has 5 nitrogen and oxygen atoms in total. The van der Waals surface area contributed by atoms with Crippen LogP contribution in [0.4, 0.5) is 0 Å². The van der Waals surface area contributed by atoms with Gasteiger partial charge in [0.2, 0.25) is 5.91 Å². The first-order valence-electron chi connectivity index (χ1n) is 11.1. The molecule has 1 heterocycles. The number of rotatable bonds is 11. The van der Waals surface area contributed by atoms with Gasteiger partial charge in [-0.3, -0.25) is 4.79 Å². The van der Waals surface area contributed by atoms with E-state index in [9.17, 15) is 4.79 Å². The van der Waals surface area contributed by atoms with Gasteiger partial charge in [-0.2, -0.15) is 5.10 Å².